The molecule has 0 aromatic heterocycles. The number of hydrogen-bond acceptors (Lipinski definition) is 6. The zero-order valence-electron chi connectivity index (χ0n) is 31.7. The van der Waals surface area contributed by atoms with Gasteiger partial charge in [0.25, 0.3) is 0 Å². The fourth-order valence-corrected chi connectivity index (χ4v) is 4.01. The summed E-state index contributed by atoms with van der Waals surface area (Å²) in [6.45, 7) is 36.9. The third kappa shape index (κ3) is 24.4. The summed E-state index contributed by atoms with van der Waals surface area (Å²) in [5, 5.41) is 0. The molecule has 0 saturated heterocycles. The van der Waals surface area contributed by atoms with Crippen LogP contribution in [0.15, 0.2) is 0 Å². The summed E-state index contributed by atoms with van der Waals surface area (Å²) >= 11 is 0. The van der Waals surface area contributed by atoms with E-state index in [2.05, 4.69) is 104 Å². The van der Waals surface area contributed by atoms with E-state index in [1.54, 1.807) is 0 Å². The Hall–Kier alpha value is -1.59. The van der Waals surface area contributed by atoms with Gasteiger partial charge in [0.2, 0.25) is 0 Å². The zero-order chi connectivity index (χ0) is 34.6. The fourth-order valence-electron chi connectivity index (χ4n) is 4.01. The molecule has 0 spiro atoms. The van der Waals surface area contributed by atoms with Gasteiger partial charge < -0.3 is 14.2 Å². The summed E-state index contributed by atoms with van der Waals surface area (Å²) in [4.78, 5) is 35.1. The Balaban J connectivity index is -0.000000562. The van der Waals surface area contributed by atoms with Crippen molar-refractivity contribution in [1.29, 1.82) is 0 Å². The van der Waals surface area contributed by atoms with Crippen molar-refractivity contribution in [2.24, 2.45) is 45.8 Å². The number of carbonyl (C=O) groups excluding carboxylic acids is 3. The topological polar surface area (TPSA) is 78.9 Å². The average Bonchev–Trinajstić information content (AvgIpc) is 2.84. The second kappa shape index (κ2) is 22.8. The Morgan fingerprint density at radius 2 is 0.837 bits per heavy atom. The van der Waals surface area contributed by atoms with E-state index in [1.807, 2.05) is 13.8 Å². The van der Waals surface area contributed by atoms with Crippen LogP contribution in [0.5, 0.6) is 0 Å². The van der Waals surface area contributed by atoms with E-state index in [4.69, 9.17) is 14.2 Å². The number of esters is 3. The standard InChI is InChI=1S/C14H28O2.C12H24O2.C11H22O2/c1-7-8-9-16-13(15)12(10-11(2)3)14(4,5)6;1-7-14-11(13)10(8-9(2)3)12(4,5)6;1-6-7-8-13-10(12)9(2)11(3,4)5/h11-12H,7-10H2,1-6H3;9-10H,7-8H2,1-6H3;9H,6-8H2,1-5H3/t12-;10-;9-/m000/s1. The van der Waals surface area contributed by atoms with Crippen molar-refractivity contribution in [2.45, 2.75) is 156 Å². The molecule has 0 aliphatic carbocycles. The van der Waals surface area contributed by atoms with E-state index >= 15 is 0 Å². The van der Waals surface area contributed by atoms with E-state index in [0.717, 1.165) is 38.5 Å². The van der Waals surface area contributed by atoms with Gasteiger partial charge in [-0.1, -0.05) is 124 Å². The van der Waals surface area contributed by atoms with Crippen LogP contribution in [0.25, 0.3) is 0 Å². The van der Waals surface area contributed by atoms with Crippen LogP contribution < -0.4 is 0 Å². The molecular formula is C37H74O6. The molecule has 43 heavy (non-hydrogen) atoms. The minimum absolute atomic E-state index is 0.00327. The molecule has 0 rings (SSSR count). The highest BCUT2D eigenvalue weighted by Crippen LogP contribution is 2.33. The van der Waals surface area contributed by atoms with E-state index < -0.39 is 0 Å². The van der Waals surface area contributed by atoms with Crippen molar-refractivity contribution in [3.8, 4) is 0 Å². The summed E-state index contributed by atoms with van der Waals surface area (Å²) in [5.41, 5.74) is -0.00656. The number of hydrogen-bond donors (Lipinski definition) is 0. The van der Waals surface area contributed by atoms with Gasteiger partial charge >= 0.3 is 17.9 Å². The number of rotatable bonds is 14. The predicted molar refractivity (Wildman–Crippen MR) is 182 cm³/mol. The first-order valence-electron chi connectivity index (χ1n) is 17.0. The Labute approximate surface area is 268 Å². The smallest absolute Gasteiger partial charge is 0.309 e. The molecule has 0 bridgehead atoms. The maximum Gasteiger partial charge on any atom is 0.309 e. The van der Waals surface area contributed by atoms with Gasteiger partial charge in [-0.15, -0.1) is 0 Å². The van der Waals surface area contributed by atoms with Gasteiger partial charge in [0.05, 0.1) is 37.6 Å². The van der Waals surface area contributed by atoms with Gasteiger partial charge in [0.1, 0.15) is 0 Å². The van der Waals surface area contributed by atoms with Crippen LogP contribution in [-0.2, 0) is 28.6 Å². The van der Waals surface area contributed by atoms with Gasteiger partial charge in [-0.25, -0.2) is 0 Å². The highest BCUT2D eigenvalue weighted by molar-refractivity contribution is 5.74. The van der Waals surface area contributed by atoms with E-state index in [-0.39, 0.29) is 51.9 Å². The lowest BCUT2D eigenvalue weighted by Gasteiger charge is -2.30. The summed E-state index contributed by atoms with van der Waals surface area (Å²) in [5.74, 6) is 0.937. The first-order valence-corrected chi connectivity index (χ1v) is 17.0. The molecule has 0 aromatic rings. The molecule has 0 unspecified atom stereocenters. The summed E-state index contributed by atoms with van der Waals surface area (Å²) in [7, 11) is 0. The average molecular weight is 615 g/mol. The molecule has 258 valence electrons. The summed E-state index contributed by atoms with van der Waals surface area (Å²) in [6.07, 6.45) is 5.87. The van der Waals surface area contributed by atoms with Gasteiger partial charge in [0.15, 0.2) is 0 Å². The highest BCUT2D eigenvalue weighted by Gasteiger charge is 2.34. The lowest BCUT2D eigenvalue weighted by molar-refractivity contribution is -0.154. The van der Waals surface area contributed by atoms with Gasteiger partial charge in [-0.2, -0.15) is 0 Å². The third-order valence-corrected chi connectivity index (χ3v) is 7.50. The second-order valence-electron chi connectivity index (χ2n) is 16.0. The number of unbranched alkanes of at least 4 members (excludes halogenated alkanes) is 2. The van der Waals surface area contributed by atoms with Crippen LogP contribution in [0.3, 0.4) is 0 Å². The molecule has 0 N–H and O–H groups in total. The van der Waals surface area contributed by atoms with Crippen molar-refractivity contribution >= 4 is 17.9 Å². The first kappa shape index (κ1) is 45.8. The minimum Gasteiger partial charge on any atom is -0.466 e. The fraction of sp³-hybridized carbons (Fsp3) is 0.919. The lowest BCUT2D eigenvalue weighted by atomic mass is 9.76. The Kier molecular flexibility index (Phi) is 24.4. The van der Waals surface area contributed by atoms with Crippen LogP contribution >= 0.6 is 0 Å². The zero-order valence-corrected chi connectivity index (χ0v) is 31.7. The Bertz CT molecular complexity index is 734. The quantitative estimate of drug-likeness (QED) is 0.110. The number of carbonyl (C=O) groups is 3. The van der Waals surface area contributed by atoms with Crippen LogP contribution in [0.1, 0.15) is 156 Å². The van der Waals surface area contributed by atoms with Crippen molar-refractivity contribution in [2.75, 3.05) is 19.8 Å². The van der Waals surface area contributed by atoms with Gasteiger partial charge in [0, 0.05) is 0 Å². The van der Waals surface area contributed by atoms with Crippen molar-refractivity contribution in [3.05, 3.63) is 0 Å². The predicted octanol–water partition coefficient (Wildman–Crippen LogP) is 10.3. The third-order valence-electron chi connectivity index (χ3n) is 7.50. The van der Waals surface area contributed by atoms with Crippen LogP contribution in [0.4, 0.5) is 0 Å². The van der Waals surface area contributed by atoms with E-state index in [1.165, 1.54) is 0 Å². The minimum atomic E-state index is -0.0686. The SMILES string of the molecule is CCCCOC(=O)[C@H](C)C(C)(C)C.CCCCOC(=O)[C@H](CC(C)C)C(C)(C)C.CCOC(=O)[C@H](CC(C)C)C(C)(C)C. The number of ether oxygens (including phenoxy) is 3. The van der Waals surface area contributed by atoms with Crippen molar-refractivity contribution < 1.29 is 28.6 Å². The molecule has 0 saturated carbocycles. The van der Waals surface area contributed by atoms with E-state index in [9.17, 15) is 14.4 Å². The van der Waals surface area contributed by atoms with E-state index in [0.29, 0.717) is 31.7 Å². The van der Waals surface area contributed by atoms with Crippen molar-refractivity contribution in [3.63, 3.8) is 0 Å². The van der Waals surface area contributed by atoms with Gasteiger partial charge in [-0.05, 0) is 60.7 Å². The molecule has 0 aliphatic heterocycles. The normalized spacial score (nSPS) is 14.0. The molecular weight excluding hydrogens is 540 g/mol. The molecule has 0 amide bonds. The van der Waals surface area contributed by atoms with Gasteiger partial charge in [-0.3, -0.25) is 14.4 Å². The highest BCUT2D eigenvalue weighted by atomic mass is 16.5. The summed E-state index contributed by atoms with van der Waals surface area (Å²) < 4.78 is 15.6. The van der Waals surface area contributed by atoms with Crippen LogP contribution in [0, 0.1) is 45.8 Å². The maximum atomic E-state index is 12.0. The summed E-state index contributed by atoms with van der Waals surface area (Å²) in [6, 6.07) is 0. The molecule has 0 aliphatic rings. The molecule has 0 aromatic carbocycles. The largest absolute Gasteiger partial charge is 0.466 e. The Morgan fingerprint density at radius 3 is 1.09 bits per heavy atom. The molecule has 3 atom stereocenters. The second-order valence-corrected chi connectivity index (χ2v) is 16.0. The monoisotopic (exact) mass is 615 g/mol. The molecule has 6 heteroatoms. The molecule has 0 fully saturated rings. The first-order chi connectivity index (χ1) is 19.5. The van der Waals surface area contributed by atoms with Crippen LogP contribution in [-0.4, -0.2) is 37.7 Å². The molecule has 0 radical (unpaired) electrons. The maximum absolute atomic E-state index is 12.0. The molecule has 0 heterocycles. The Morgan fingerprint density at radius 1 is 0.512 bits per heavy atom. The van der Waals surface area contributed by atoms with Crippen molar-refractivity contribution in [1.82, 2.24) is 0 Å². The lowest BCUT2D eigenvalue weighted by Crippen LogP contribution is -2.31. The van der Waals surface area contributed by atoms with Crippen LogP contribution in [0.2, 0.25) is 0 Å². The molecule has 6 nitrogen and oxygen atoms in total.